The van der Waals surface area contributed by atoms with E-state index in [-0.39, 0.29) is 5.91 Å². The molecule has 2 aromatic heterocycles. The second kappa shape index (κ2) is 7.25. The number of thiophene rings is 1. The zero-order valence-electron chi connectivity index (χ0n) is 15.8. The Morgan fingerprint density at radius 1 is 1.10 bits per heavy atom. The number of fused-ring (bicyclic) bond motifs is 2. The van der Waals surface area contributed by atoms with Crippen LogP contribution < -0.4 is 14.8 Å². The lowest BCUT2D eigenvalue weighted by atomic mass is 10.2. The van der Waals surface area contributed by atoms with Crippen LogP contribution in [-0.4, -0.2) is 28.9 Å². The van der Waals surface area contributed by atoms with Crippen molar-refractivity contribution in [1.29, 1.82) is 0 Å². The number of ether oxygens (including phenoxy) is 2. The third-order valence-corrected chi connectivity index (χ3v) is 5.94. The largest absolute Gasteiger partial charge is 0.486 e. The smallest absolute Gasteiger partial charge is 0.261 e. The molecule has 1 amide bonds. The van der Waals surface area contributed by atoms with Crippen LogP contribution in [0.5, 0.6) is 11.5 Å². The maximum atomic E-state index is 12.7. The third-order valence-electron chi connectivity index (χ3n) is 4.83. The first kappa shape index (κ1) is 17.8. The summed E-state index contributed by atoms with van der Waals surface area (Å²) in [5.74, 6) is 1.38. The molecule has 0 saturated heterocycles. The number of aryl methyl sites for hydroxylation is 1. The van der Waals surface area contributed by atoms with Gasteiger partial charge in [0.15, 0.2) is 11.5 Å². The van der Waals surface area contributed by atoms with Gasteiger partial charge in [-0.2, -0.15) is 5.10 Å². The van der Waals surface area contributed by atoms with Crippen molar-refractivity contribution in [3.63, 3.8) is 0 Å². The maximum Gasteiger partial charge on any atom is 0.261 e. The zero-order valence-corrected chi connectivity index (χ0v) is 16.7. The van der Waals surface area contributed by atoms with E-state index in [0.29, 0.717) is 24.6 Å². The Labute approximate surface area is 171 Å². The van der Waals surface area contributed by atoms with Crippen molar-refractivity contribution in [1.82, 2.24) is 15.1 Å². The molecule has 1 aliphatic rings. The van der Waals surface area contributed by atoms with Crippen molar-refractivity contribution >= 4 is 27.5 Å². The van der Waals surface area contributed by atoms with Crippen molar-refractivity contribution in [3.8, 4) is 17.2 Å². The van der Waals surface area contributed by atoms with Gasteiger partial charge in [-0.1, -0.05) is 24.3 Å². The van der Waals surface area contributed by atoms with Crippen molar-refractivity contribution in [2.75, 3.05) is 13.2 Å². The maximum absolute atomic E-state index is 12.7. The summed E-state index contributed by atoms with van der Waals surface area (Å²) in [6, 6.07) is 17.6. The number of aromatic nitrogens is 2. The average Bonchev–Trinajstić information content (AvgIpc) is 3.33. The van der Waals surface area contributed by atoms with Gasteiger partial charge >= 0.3 is 0 Å². The zero-order chi connectivity index (χ0) is 19.8. The minimum absolute atomic E-state index is 0.0971. The number of nitrogens with one attached hydrogen (secondary N) is 1. The van der Waals surface area contributed by atoms with Crippen LogP contribution in [0.2, 0.25) is 0 Å². The van der Waals surface area contributed by atoms with Gasteiger partial charge in [0.25, 0.3) is 5.91 Å². The predicted octanol–water partition coefficient (Wildman–Crippen LogP) is 4.10. The summed E-state index contributed by atoms with van der Waals surface area (Å²) in [5.41, 5.74) is 2.86. The molecule has 146 valence electrons. The minimum atomic E-state index is -0.0971. The number of rotatable bonds is 4. The van der Waals surface area contributed by atoms with Crippen LogP contribution in [0.1, 0.15) is 20.9 Å². The fraction of sp³-hybridized carbons (Fsp3) is 0.182. The van der Waals surface area contributed by atoms with E-state index in [4.69, 9.17) is 9.47 Å². The highest BCUT2D eigenvalue weighted by Gasteiger charge is 2.17. The molecule has 0 aliphatic carbocycles. The van der Waals surface area contributed by atoms with Gasteiger partial charge in [-0.25, -0.2) is 4.68 Å². The highest BCUT2D eigenvalue weighted by Crippen LogP contribution is 2.32. The van der Waals surface area contributed by atoms with Crippen LogP contribution >= 0.6 is 11.3 Å². The molecule has 6 nitrogen and oxygen atoms in total. The minimum Gasteiger partial charge on any atom is -0.486 e. The Morgan fingerprint density at radius 3 is 2.72 bits per heavy atom. The van der Waals surface area contributed by atoms with Gasteiger partial charge in [-0.3, -0.25) is 4.79 Å². The summed E-state index contributed by atoms with van der Waals surface area (Å²) in [4.78, 5) is 14.4. The Hall–Kier alpha value is -3.32. The lowest BCUT2D eigenvalue weighted by Crippen LogP contribution is -2.22. The van der Waals surface area contributed by atoms with Crippen LogP contribution in [0, 0.1) is 6.92 Å². The molecule has 29 heavy (non-hydrogen) atoms. The molecule has 0 atom stereocenters. The fourth-order valence-electron chi connectivity index (χ4n) is 3.37. The second-order valence-electron chi connectivity index (χ2n) is 6.82. The molecule has 5 rings (SSSR count). The van der Waals surface area contributed by atoms with E-state index in [9.17, 15) is 4.79 Å². The molecule has 3 heterocycles. The number of carbonyl (C=O) groups excluding carboxylic acids is 1. The fourth-order valence-corrected chi connectivity index (χ4v) is 4.47. The molecular weight excluding hydrogens is 386 g/mol. The van der Waals surface area contributed by atoms with Crippen LogP contribution in [0.25, 0.3) is 15.9 Å². The molecule has 0 saturated carbocycles. The van der Waals surface area contributed by atoms with Crippen molar-refractivity contribution in [2.24, 2.45) is 0 Å². The second-order valence-corrected chi connectivity index (χ2v) is 7.85. The first-order valence-corrected chi connectivity index (χ1v) is 10.2. The predicted molar refractivity (Wildman–Crippen MR) is 112 cm³/mol. The molecule has 0 fully saturated rings. The standard InChI is InChI=1S/C22H19N3O3S/c1-14-17-12-20(29-22(17)25(24-14)16-5-3-2-4-6-16)21(26)23-13-15-7-8-18-19(11-15)28-10-9-27-18/h2-8,11-12H,9-10,13H2,1H3,(H,23,26). The summed E-state index contributed by atoms with van der Waals surface area (Å²) in [6.45, 7) is 3.50. The van der Waals surface area contributed by atoms with Gasteiger partial charge in [0.05, 0.1) is 16.3 Å². The Balaban J connectivity index is 1.36. The summed E-state index contributed by atoms with van der Waals surface area (Å²) < 4.78 is 13.0. The first-order valence-electron chi connectivity index (χ1n) is 9.40. The quantitative estimate of drug-likeness (QED) is 0.555. The molecule has 0 unspecified atom stereocenters. The van der Waals surface area contributed by atoms with Crippen LogP contribution in [0.4, 0.5) is 0 Å². The lowest BCUT2D eigenvalue weighted by molar-refractivity contribution is 0.0955. The molecule has 4 aromatic rings. The molecule has 7 heteroatoms. The molecule has 0 radical (unpaired) electrons. The number of hydrogen-bond acceptors (Lipinski definition) is 5. The number of amides is 1. The number of para-hydroxylation sites is 1. The number of nitrogens with zero attached hydrogens (tertiary/aromatic N) is 2. The Morgan fingerprint density at radius 2 is 1.90 bits per heavy atom. The topological polar surface area (TPSA) is 65.4 Å². The van der Waals surface area contributed by atoms with E-state index in [1.807, 2.05) is 66.2 Å². The highest BCUT2D eigenvalue weighted by molar-refractivity contribution is 7.20. The van der Waals surface area contributed by atoms with Crippen LogP contribution in [-0.2, 0) is 6.54 Å². The van der Waals surface area contributed by atoms with Crippen molar-refractivity contribution in [2.45, 2.75) is 13.5 Å². The van der Waals surface area contributed by atoms with E-state index < -0.39 is 0 Å². The van der Waals surface area contributed by atoms with E-state index in [1.165, 1.54) is 11.3 Å². The number of benzene rings is 2. The van der Waals surface area contributed by atoms with Gasteiger partial charge < -0.3 is 14.8 Å². The summed E-state index contributed by atoms with van der Waals surface area (Å²) >= 11 is 1.45. The molecule has 2 aromatic carbocycles. The number of carbonyl (C=O) groups is 1. The third kappa shape index (κ3) is 3.34. The molecule has 1 N–H and O–H groups in total. The molecule has 1 aliphatic heterocycles. The van der Waals surface area contributed by atoms with Gasteiger partial charge in [0, 0.05) is 11.9 Å². The van der Waals surface area contributed by atoms with Crippen LogP contribution in [0.3, 0.4) is 0 Å². The van der Waals surface area contributed by atoms with E-state index in [1.54, 1.807) is 0 Å². The Bertz CT molecular complexity index is 1200. The summed E-state index contributed by atoms with van der Waals surface area (Å²) in [6.07, 6.45) is 0. The van der Waals surface area contributed by atoms with E-state index in [2.05, 4.69) is 10.4 Å². The monoisotopic (exact) mass is 405 g/mol. The van der Waals surface area contributed by atoms with E-state index >= 15 is 0 Å². The normalized spacial score (nSPS) is 12.9. The summed E-state index contributed by atoms with van der Waals surface area (Å²) in [7, 11) is 0. The van der Waals surface area contributed by atoms with Crippen molar-refractivity contribution < 1.29 is 14.3 Å². The van der Waals surface area contributed by atoms with Gasteiger partial charge in [-0.15, -0.1) is 11.3 Å². The van der Waals surface area contributed by atoms with Crippen LogP contribution in [0.15, 0.2) is 54.6 Å². The molecule has 0 spiro atoms. The average molecular weight is 405 g/mol. The first-order chi connectivity index (χ1) is 14.2. The van der Waals surface area contributed by atoms with E-state index in [0.717, 1.165) is 38.7 Å². The highest BCUT2D eigenvalue weighted by atomic mass is 32.1. The lowest BCUT2D eigenvalue weighted by Gasteiger charge is -2.18. The van der Waals surface area contributed by atoms with Gasteiger partial charge in [0.1, 0.15) is 18.0 Å². The molecular formula is C22H19N3O3S. The van der Waals surface area contributed by atoms with Gasteiger partial charge in [0.2, 0.25) is 0 Å². The SMILES string of the molecule is Cc1nn(-c2ccccc2)c2sc(C(=O)NCc3ccc4c(c3)OCCO4)cc12. The molecule has 0 bridgehead atoms. The number of hydrogen-bond donors (Lipinski definition) is 1. The van der Waals surface area contributed by atoms with Crippen molar-refractivity contribution in [3.05, 3.63) is 70.7 Å². The Kier molecular flexibility index (Phi) is 4.44. The van der Waals surface area contributed by atoms with Gasteiger partial charge in [-0.05, 0) is 42.8 Å². The summed E-state index contributed by atoms with van der Waals surface area (Å²) in [5, 5.41) is 8.62.